The van der Waals surface area contributed by atoms with Crippen LogP contribution in [0.25, 0.3) is 0 Å². The van der Waals surface area contributed by atoms with Crippen LogP contribution in [0.15, 0.2) is 54.6 Å². The molecule has 5 heteroatoms. The Morgan fingerprint density at radius 3 is 2.41 bits per heavy atom. The van der Waals surface area contributed by atoms with Crippen LogP contribution in [0.5, 0.6) is 5.75 Å². The average Bonchev–Trinajstić information content (AvgIpc) is 2.73. The molecule has 1 aliphatic heterocycles. The van der Waals surface area contributed by atoms with Crippen molar-refractivity contribution >= 4 is 11.6 Å². The second kappa shape index (κ2) is 9.42. The van der Waals surface area contributed by atoms with Gasteiger partial charge in [-0.3, -0.25) is 9.69 Å². The number of nitrogens with one attached hydrogen (secondary N) is 1. The molecule has 0 spiro atoms. The Hall–Kier alpha value is -2.53. The van der Waals surface area contributed by atoms with Crippen LogP contribution in [-0.4, -0.2) is 56.2 Å². The fourth-order valence-corrected chi connectivity index (χ4v) is 3.46. The summed E-state index contributed by atoms with van der Waals surface area (Å²) in [5.74, 6) is 0.565. The van der Waals surface area contributed by atoms with Gasteiger partial charge >= 0.3 is 0 Å². The smallest absolute Gasteiger partial charge is 0.255 e. The van der Waals surface area contributed by atoms with Gasteiger partial charge in [-0.05, 0) is 38.1 Å². The van der Waals surface area contributed by atoms with Crippen LogP contribution in [0.1, 0.15) is 24.2 Å². The van der Waals surface area contributed by atoms with Crippen molar-refractivity contribution in [3.05, 3.63) is 60.2 Å². The minimum atomic E-state index is -0.0752. The van der Waals surface area contributed by atoms with Crippen LogP contribution >= 0.6 is 0 Å². The van der Waals surface area contributed by atoms with Gasteiger partial charge in [0.15, 0.2) is 0 Å². The van der Waals surface area contributed by atoms with Crippen molar-refractivity contribution in [1.29, 1.82) is 0 Å². The molecule has 144 valence electrons. The van der Waals surface area contributed by atoms with Crippen LogP contribution in [0.3, 0.4) is 0 Å². The molecule has 0 bridgehead atoms. The summed E-state index contributed by atoms with van der Waals surface area (Å²) in [6.07, 6.45) is 0. The summed E-state index contributed by atoms with van der Waals surface area (Å²) in [4.78, 5) is 17.4. The van der Waals surface area contributed by atoms with E-state index in [9.17, 15) is 4.79 Å². The third-order valence-electron chi connectivity index (χ3n) is 5.05. The lowest BCUT2D eigenvalue weighted by molar-refractivity contribution is 0.0930. The normalized spacial score (nSPS) is 16.0. The maximum absolute atomic E-state index is 12.5. The highest BCUT2D eigenvalue weighted by molar-refractivity contribution is 5.96. The molecule has 5 nitrogen and oxygen atoms in total. The first-order valence-corrected chi connectivity index (χ1v) is 9.73. The fourth-order valence-electron chi connectivity index (χ4n) is 3.46. The molecule has 1 N–H and O–H groups in total. The summed E-state index contributed by atoms with van der Waals surface area (Å²) in [7, 11) is 0. The Morgan fingerprint density at radius 2 is 1.70 bits per heavy atom. The highest BCUT2D eigenvalue weighted by Gasteiger charge is 2.22. The molecule has 0 aliphatic carbocycles. The average molecular weight is 367 g/mol. The largest absolute Gasteiger partial charge is 0.493 e. The molecular weight excluding hydrogens is 338 g/mol. The van der Waals surface area contributed by atoms with E-state index in [0.717, 1.165) is 26.2 Å². The Morgan fingerprint density at radius 1 is 1.04 bits per heavy atom. The number of ether oxygens (including phenoxy) is 1. The topological polar surface area (TPSA) is 44.8 Å². The number of benzene rings is 2. The number of piperazine rings is 1. The first kappa shape index (κ1) is 19.2. The van der Waals surface area contributed by atoms with E-state index in [1.165, 1.54) is 5.69 Å². The summed E-state index contributed by atoms with van der Waals surface area (Å²) in [6, 6.07) is 18.2. The maximum Gasteiger partial charge on any atom is 0.255 e. The maximum atomic E-state index is 12.5. The van der Waals surface area contributed by atoms with E-state index in [1.54, 1.807) is 0 Å². The van der Waals surface area contributed by atoms with Gasteiger partial charge in [-0.1, -0.05) is 30.3 Å². The predicted molar refractivity (Wildman–Crippen MR) is 110 cm³/mol. The fraction of sp³-hybridized carbons (Fsp3) is 0.409. The number of carbonyl (C=O) groups is 1. The number of para-hydroxylation sites is 2. The second-order valence-corrected chi connectivity index (χ2v) is 6.85. The van der Waals surface area contributed by atoms with Gasteiger partial charge in [0, 0.05) is 44.5 Å². The van der Waals surface area contributed by atoms with Gasteiger partial charge < -0.3 is 15.0 Å². The predicted octanol–water partition coefficient (Wildman–Crippen LogP) is 3.03. The molecule has 1 atom stereocenters. The van der Waals surface area contributed by atoms with Crippen molar-refractivity contribution in [3.63, 3.8) is 0 Å². The van der Waals surface area contributed by atoms with Gasteiger partial charge in [0.25, 0.3) is 5.91 Å². The van der Waals surface area contributed by atoms with Crippen LogP contribution < -0.4 is 15.0 Å². The van der Waals surface area contributed by atoms with Crippen molar-refractivity contribution in [3.8, 4) is 5.75 Å². The lowest BCUT2D eigenvalue weighted by Crippen LogP contribution is -2.52. The number of amides is 1. The standard InChI is InChI=1S/C22H29N3O2/c1-3-27-21-12-8-7-11-20(21)22(26)23-17-18(2)24-13-15-25(16-14-24)19-9-5-4-6-10-19/h4-12,18H,3,13-17H2,1-2H3,(H,23,26)/t18-/m1/s1. The molecule has 2 aromatic rings. The third-order valence-corrected chi connectivity index (χ3v) is 5.05. The molecular formula is C22H29N3O2. The zero-order valence-corrected chi connectivity index (χ0v) is 16.2. The van der Waals surface area contributed by atoms with Crippen LogP contribution in [-0.2, 0) is 0 Å². The molecule has 0 saturated carbocycles. The monoisotopic (exact) mass is 367 g/mol. The van der Waals surface area contributed by atoms with Gasteiger partial charge in [0.2, 0.25) is 0 Å². The summed E-state index contributed by atoms with van der Waals surface area (Å²) in [5, 5.41) is 3.06. The van der Waals surface area contributed by atoms with E-state index >= 15 is 0 Å². The third kappa shape index (κ3) is 5.01. The van der Waals surface area contributed by atoms with E-state index < -0.39 is 0 Å². The minimum Gasteiger partial charge on any atom is -0.493 e. The zero-order valence-electron chi connectivity index (χ0n) is 16.2. The number of nitrogens with zero attached hydrogens (tertiary/aromatic N) is 2. The van der Waals surface area contributed by atoms with Crippen molar-refractivity contribution in [2.24, 2.45) is 0 Å². The number of hydrogen-bond acceptors (Lipinski definition) is 4. The van der Waals surface area contributed by atoms with Crippen LogP contribution in [0.4, 0.5) is 5.69 Å². The lowest BCUT2D eigenvalue weighted by atomic mass is 10.1. The second-order valence-electron chi connectivity index (χ2n) is 6.85. The van der Waals surface area contributed by atoms with E-state index in [-0.39, 0.29) is 5.91 Å². The SMILES string of the molecule is CCOc1ccccc1C(=O)NC[C@@H](C)N1CCN(c2ccccc2)CC1. The van der Waals surface area contributed by atoms with E-state index in [4.69, 9.17) is 4.74 Å². The molecule has 1 heterocycles. The van der Waals surface area contributed by atoms with Crippen molar-refractivity contribution in [1.82, 2.24) is 10.2 Å². The van der Waals surface area contributed by atoms with Gasteiger partial charge in [-0.15, -0.1) is 0 Å². The molecule has 27 heavy (non-hydrogen) atoms. The highest BCUT2D eigenvalue weighted by atomic mass is 16.5. The van der Waals surface area contributed by atoms with Gasteiger partial charge in [-0.25, -0.2) is 0 Å². The first-order chi connectivity index (χ1) is 13.2. The number of carbonyl (C=O) groups excluding carboxylic acids is 1. The molecule has 0 aromatic heterocycles. The number of rotatable bonds is 7. The molecule has 2 aromatic carbocycles. The Kier molecular flexibility index (Phi) is 6.71. The number of hydrogen-bond donors (Lipinski definition) is 1. The zero-order chi connectivity index (χ0) is 19.1. The van der Waals surface area contributed by atoms with Gasteiger partial charge in [0.05, 0.1) is 12.2 Å². The molecule has 0 radical (unpaired) electrons. The summed E-state index contributed by atoms with van der Waals surface area (Å²) in [6.45, 7) is 9.30. The first-order valence-electron chi connectivity index (χ1n) is 9.73. The molecule has 1 aliphatic rings. The quantitative estimate of drug-likeness (QED) is 0.817. The van der Waals surface area contributed by atoms with Crippen molar-refractivity contribution in [2.75, 3.05) is 44.2 Å². The molecule has 1 fully saturated rings. The lowest BCUT2D eigenvalue weighted by Gasteiger charge is -2.39. The van der Waals surface area contributed by atoms with Gasteiger partial charge in [-0.2, -0.15) is 0 Å². The Bertz CT molecular complexity index is 727. The number of anilines is 1. The molecule has 0 unspecified atom stereocenters. The van der Waals surface area contributed by atoms with Crippen molar-refractivity contribution < 1.29 is 9.53 Å². The summed E-state index contributed by atoms with van der Waals surface area (Å²) < 4.78 is 5.56. The van der Waals surface area contributed by atoms with Crippen LogP contribution in [0, 0.1) is 0 Å². The van der Waals surface area contributed by atoms with E-state index in [2.05, 4.69) is 46.3 Å². The van der Waals surface area contributed by atoms with Crippen molar-refractivity contribution in [2.45, 2.75) is 19.9 Å². The minimum absolute atomic E-state index is 0.0752. The van der Waals surface area contributed by atoms with Gasteiger partial charge in [0.1, 0.15) is 5.75 Å². The highest BCUT2D eigenvalue weighted by Crippen LogP contribution is 2.18. The molecule has 3 rings (SSSR count). The molecule has 1 amide bonds. The Labute approximate surface area is 161 Å². The summed E-state index contributed by atoms with van der Waals surface area (Å²) in [5.41, 5.74) is 1.88. The van der Waals surface area contributed by atoms with Crippen LogP contribution in [0.2, 0.25) is 0 Å². The van der Waals surface area contributed by atoms with E-state index in [1.807, 2.05) is 37.3 Å². The summed E-state index contributed by atoms with van der Waals surface area (Å²) >= 11 is 0. The molecule has 1 saturated heterocycles. The Balaban J connectivity index is 1.49. The van der Waals surface area contributed by atoms with E-state index in [0.29, 0.717) is 30.5 Å².